The van der Waals surface area contributed by atoms with Crippen molar-refractivity contribution in [3.63, 3.8) is 0 Å². The molecule has 1 amide bonds. The molecular weight excluding hydrogens is 304 g/mol. The molecule has 4 heterocycles. The summed E-state index contributed by atoms with van der Waals surface area (Å²) in [5.74, 6) is 1.19. The zero-order valence-electron chi connectivity index (χ0n) is 14.2. The van der Waals surface area contributed by atoms with Crippen LogP contribution < -0.4 is 10.4 Å². The summed E-state index contributed by atoms with van der Waals surface area (Å²) < 4.78 is 6.29. The molecule has 6 rings (SSSR count). The predicted molar refractivity (Wildman–Crippen MR) is 89.6 cm³/mol. The fraction of sp³-hybridized carbons (Fsp3) is 0.632. The number of fused-ring (bicyclic) bond motifs is 2. The second kappa shape index (κ2) is 5.04. The van der Waals surface area contributed by atoms with E-state index in [1.807, 2.05) is 18.2 Å². The SMILES string of the molecule is CC[C@@H]1N[C@@H]2C[C@]3(C(=O)N(OC)c4ccccc43)[C@H]3C[C@@H]1[C@H]2CO3. The maximum atomic E-state index is 13.4. The highest BCUT2D eigenvalue weighted by Crippen LogP contribution is 2.56. The summed E-state index contributed by atoms with van der Waals surface area (Å²) in [6.45, 7) is 3.02. The Bertz CT molecular complexity index is 693. The van der Waals surface area contributed by atoms with Crippen LogP contribution in [0.5, 0.6) is 0 Å². The number of carbonyl (C=O) groups excluding carboxylic acids is 1. The van der Waals surface area contributed by atoms with E-state index in [0.717, 1.165) is 37.1 Å². The lowest BCUT2D eigenvalue weighted by Gasteiger charge is -2.40. The lowest BCUT2D eigenvalue weighted by atomic mass is 9.71. The molecule has 1 saturated carbocycles. The van der Waals surface area contributed by atoms with E-state index in [1.54, 1.807) is 7.11 Å². The molecule has 0 aromatic heterocycles. The third kappa shape index (κ3) is 1.63. The second-order valence-corrected chi connectivity index (χ2v) is 7.65. The van der Waals surface area contributed by atoms with Gasteiger partial charge in [0.25, 0.3) is 5.91 Å². The van der Waals surface area contributed by atoms with E-state index in [0.29, 0.717) is 23.9 Å². The smallest absolute Gasteiger partial charge is 0.264 e. The van der Waals surface area contributed by atoms with Gasteiger partial charge in [-0.25, -0.2) is 0 Å². The highest BCUT2D eigenvalue weighted by molar-refractivity contribution is 6.07. The molecule has 1 N–H and O–H groups in total. The van der Waals surface area contributed by atoms with E-state index >= 15 is 0 Å². The molecule has 5 nitrogen and oxygen atoms in total. The van der Waals surface area contributed by atoms with E-state index in [2.05, 4.69) is 18.3 Å². The van der Waals surface area contributed by atoms with Gasteiger partial charge in [-0.3, -0.25) is 9.63 Å². The number of hydroxylamine groups is 1. The minimum absolute atomic E-state index is 0.0410. The monoisotopic (exact) mass is 328 g/mol. The maximum Gasteiger partial charge on any atom is 0.264 e. The summed E-state index contributed by atoms with van der Waals surface area (Å²) in [5, 5.41) is 5.29. The van der Waals surface area contributed by atoms with Crippen LogP contribution in [0.2, 0.25) is 0 Å². The van der Waals surface area contributed by atoms with Gasteiger partial charge >= 0.3 is 0 Å². The second-order valence-electron chi connectivity index (χ2n) is 7.65. The number of nitrogens with one attached hydrogen (secondary N) is 1. The van der Waals surface area contributed by atoms with Crippen LogP contribution in [-0.4, -0.2) is 37.8 Å². The Labute approximate surface area is 142 Å². The zero-order chi connectivity index (χ0) is 16.5. The van der Waals surface area contributed by atoms with Crippen molar-refractivity contribution in [2.45, 2.75) is 49.8 Å². The van der Waals surface area contributed by atoms with E-state index in [-0.39, 0.29) is 12.0 Å². The van der Waals surface area contributed by atoms with Crippen molar-refractivity contribution >= 4 is 11.6 Å². The molecule has 0 radical (unpaired) electrons. The maximum absolute atomic E-state index is 13.4. The van der Waals surface area contributed by atoms with E-state index in [9.17, 15) is 4.79 Å². The van der Waals surface area contributed by atoms with Crippen molar-refractivity contribution in [1.82, 2.24) is 5.32 Å². The number of benzene rings is 1. The van der Waals surface area contributed by atoms with Crippen molar-refractivity contribution < 1.29 is 14.4 Å². The van der Waals surface area contributed by atoms with Gasteiger partial charge in [-0.05, 0) is 36.8 Å². The molecule has 4 fully saturated rings. The summed E-state index contributed by atoms with van der Waals surface area (Å²) in [6.07, 6.45) is 2.87. The van der Waals surface area contributed by atoms with Gasteiger partial charge in [0.1, 0.15) is 5.41 Å². The minimum Gasteiger partial charge on any atom is -0.376 e. The Morgan fingerprint density at radius 1 is 1.38 bits per heavy atom. The number of para-hydroxylation sites is 1. The van der Waals surface area contributed by atoms with Gasteiger partial charge in [0, 0.05) is 18.0 Å². The van der Waals surface area contributed by atoms with Crippen LogP contribution >= 0.6 is 0 Å². The van der Waals surface area contributed by atoms with E-state index < -0.39 is 5.41 Å². The van der Waals surface area contributed by atoms with Crippen molar-refractivity contribution in [1.29, 1.82) is 0 Å². The van der Waals surface area contributed by atoms with Crippen LogP contribution in [0.15, 0.2) is 24.3 Å². The predicted octanol–water partition coefficient (Wildman–Crippen LogP) is 2.01. The van der Waals surface area contributed by atoms with E-state index in [1.165, 1.54) is 5.06 Å². The first kappa shape index (κ1) is 14.9. The molecule has 4 bridgehead atoms. The Morgan fingerprint density at radius 3 is 3.00 bits per heavy atom. The van der Waals surface area contributed by atoms with Crippen LogP contribution in [0.1, 0.15) is 31.7 Å². The highest BCUT2D eigenvalue weighted by Gasteiger charge is 2.64. The van der Waals surface area contributed by atoms with Crippen molar-refractivity contribution in [2.24, 2.45) is 11.8 Å². The third-order valence-electron chi connectivity index (χ3n) is 6.87. The summed E-state index contributed by atoms with van der Waals surface area (Å²) >= 11 is 0. The number of carbonyl (C=O) groups is 1. The molecule has 3 saturated heterocycles. The van der Waals surface area contributed by atoms with Gasteiger partial charge in [0.15, 0.2) is 0 Å². The van der Waals surface area contributed by atoms with Crippen LogP contribution in [-0.2, 0) is 19.8 Å². The number of nitrogens with zero attached hydrogens (tertiary/aromatic N) is 1. The molecular formula is C19H24N2O3. The molecule has 5 heteroatoms. The molecule has 6 atom stereocenters. The standard InChI is InChI=1S/C19H24N2O3/c1-3-14-11-8-17-19(9-15(20-14)12(11)10-24-17)13-6-4-5-7-16(13)21(23-2)18(19)22/h4-7,11-12,14-15,17,20H,3,8-10H2,1-2H3/t11-,12-,14+,15-,17-,19-/m1/s1. The third-order valence-corrected chi connectivity index (χ3v) is 6.87. The Kier molecular flexibility index (Phi) is 3.12. The van der Waals surface area contributed by atoms with Crippen molar-refractivity contribution in [3.8, 4) is 0 Å². The Morgan fingerprint density at radius 2 is 2.21 bits per heavy atom. The quantitative estimate of drug-likeness (QED) is 0.902. The fourth-order valence-electron chi connectivity index (χ4n) is 5.82. The molecule has 1 aromatic carbocycles. The molecule has 1 aliphatic carbocycles. The van der Waals surface area contributed by atoms with Crippen LogP contribution in [0.3, 0.4) is 0 Å². The number of rotatable bonds is 2. The van der Waals surface area contributed by atoms with Crippen LogP contribution in [0, 0.1) is 11.8 Å². The Balaban J connectivity index is 1.66. The summed E-state index contributed by atoms with van der Waals surface area (Å²) in [4.78, 5) is 18.9. The highest BCUT2D eigenvalue weighted by atomic mass is 16.7. The molecule has 5 aliphatic rings. The van der Waals surface area contributed by atoms with Crippen LogP contribution in [0.25, 0.3) is 0 Å². The van der Waals surface area contributed by atoms with Gasteiger partial charge in [-0.2, -0.15) is 5.06 Å². The number of hydrogen-bond donors (Lipinski definition) is 1. The number of amides is 1. The summed E-state index contributed by atoms with van der Waals surface area (Å²) in [6, 6.07) is 8.95. The van der Waals surface area contributed by atoms with Gasteiger partial charge in [0.2, 0.25) is 0 Å². The van der Waals surface area contributed by atoms with Crippen molar-refractivity contribution in [2.75, 3.05) is 18.8 Å². The zero-order valence-corrected chi connectivity index (χ0v) is 14.2. The fourth-order valence-corrected chi connectivity index (χ4v) is 5.82. The van der Waals surface area contributed by atoms with Gasteiger partial charge in [-0.1, -0.05) is 25.1 Å². The normalized spacial score (nSPS) is 42.7. The average Bonchev–Trinajstić information content (AvgIpc) is 2.96. The first-order valence-electron chi connectivity index (χ1n) is 9.06. The number of hydrogen-bond acceptors (Lipinski definition) is 4. The van der Waals surface area contributed by atoms with Crippen LogP contribution in [0.4, 0.5) is 5.69 Å². The van der Waals surface area contributed by atoms with Gasteiger partial charge in [0.05, 0.1) is 25.5 Å². The molecule has 1 aromatic rings. The first-order chi connectivity index (χ1) is 11.7. The molecule has 0 unspecified atom stereocenters. The number of anilines is 1. The molecule has 128 valence electrons. The van der Waals surface area contributed by atoms with Gasteiger partial charge in [-0.15, -0.1) is 0 Å². The largest absolute Gasteiger partial charge is 0.376 e. The van der Waals surface area contributed by atoms with Gasteiger partial charge < -0.3 is 10.1 Å². The van der Waals surface area contributed by atoms with Crippen molar-refractivity contribution in [3.05, 3.63) is 29.8 Å². The first-order valence-corrected chi connectivity index (χ1v) is 9.06. The molecule has 1 spiro atoms. The summed E-state index contributed by atoms with van der Waals surface area (Å²) in [5.41, 5.74) is 1.35. The topological polar surface area (TPSA) is 50.8 Å². The Hall–Kier alpha value is -1.43. The number of ether oxygens (including phenoxy) is 1. The van der Waals surface area contributed by atoms with E-state index in [4.69, 9.17) is 9.57 Å². The molecule has 4 aliphatic heterocycles. The summed E-state index contributed by atoms with van der Waals surface area (Å²) in [7, 11) is 1.57. The lowest BCUT2D eigenvalue weighted by molar-refractivity contribution is -0.138. The minimum atomic E-state index is -0.605. The lowest BCUT2D eigenvalue weighted by Crippen LogP contribution is -2.53. The average molecular weight is 328 g/mol. The molecule has 24 heavy (non-hydrogen) atoms.